The third kappa shape index (κ3) is 7.06. The van der Waals surface area contributed by atoms with Crippen LogP contribution < -0.4 is 0 Å². The van der Waals surface area contributed by atoms with Gasteiger partial charge in [0.05, 0.1) is 6.54 Å². The molecule has 1 amide bonds. The van der Waals surface area contributed by atoms with Gasteiger partial charge in [0.15, 0.2) is 0 Å². The molecule has 154 valence electrons. The van der Waals surface area contributed by atoms with Crippen molar-refractivity contribution in [1.82, 2.24) is 39.7 Å². The van der Waals surface area contributed by atoms with Crippen molar-refractivity contribution >= 4 is 12.4 Å². The highest BCUT2D eigenvalue weighted by atomic mass is 16.3. The van der Waals surface area contributed by atoms with Crippen LogP contribution in [0.25, 0.3) is 0 Å². The fraction of sp³-hybridized carbons (Fsp3) is 0.647. The van der Waals surface area contributed by atoms with E-state index in [1.165, 1.54) is 6.33 Å². The lowest BCUT2D eigenvalue weighted by Gasteiger charge is -2.21. The molecular weight excluding hydrogens is 364 g/mol. The Hall–Kier alpha value is -2.82. The van der Waals surface area contributed by atoms with E-state index in [0.717, 1.165) is 70.2 Å². The van der Waals surface area contributed by atoms with Gasteiger partial charge in [-0.3, -0.25) is 24.3 Å². The van der Waals surface area contributed by atoms with Gasteiger partial charge in [-0.25, -0.2) is 9.97 Å². The molecule has 0 unspecified atom stereocenters. The van der Waals surface area contributed by atoms with E-state index < -0.39 is 0 Å². The SMILES string of the molecule is CCc1n[nH]c(CN2CCCN(C(=O)CCCn3cncn3)CC2)n1.O=CO. The highest BCUT2D eigenvalue weighted by Crippen LogP contribution is 2.09. The number of H-pyrrole nitrogens is 1. The molecule has 0 spiro atoms. The molecule has 0 aromatic carbocycles. The van der Waals surface area contributed by atoms with Crippen LogP contribution in [0, 0.1) is 0 Å². The molecule has 11 nitrogen and oxygen atoms in total. The van der Waals surface area contributed by atoms with Crippen LogP contribution in [0.1, 0.15) is 37.8 Å². The summed E-state index contributed by atoms with van der Waals surface area (Å²) in [5.74, 6) is 1.99. The molecule has 0 radical (unpaired) electrons. The second-order valence-corrected chi connectivity index (χ2v) is 6.43. The lowest BCUT2D eigenvalue weighted by molar-refractivity contribution is -0.131. The summed E-state index contributed by atoms with van der Waals surface area (Å²) in [5.41, 5.74) is 0. The number of hydrogen-bond donors (Lipinski definition) is 2. The molecule has 2 N–H and O–H groups in total. The zero-order valence-corrected chi connectivity index (χ0v) is 16.2. The number of carbonyl (C=O) groups excluding carboxylic acids is 1. The van der Waals surface area contributed by atoms with Crippen LogP contribution in [-0.4, -0.2) is 83.4 Å². The van der Waals surface area contributed by atoms with Crippen molar-refractivity contribution in [3.05, 3.63) is 24.3 Å². The van der Waals surface area contributed by atoms with Crippen molar-refractivity contribution in [2.45, 2.75) is 45.7 Å². The number of carboxylic acid groups (broad SMARTS) is 1. The Morgan fingerprint density at radius 2 is 2.14 bits per heavy atom. The summed E-state index contributed by atoms with van der Waals surface area (Å²) in [5, 5.41) is 18.1. The maximum atomic E-state index is 12.4. The molecule has 1 aliphatic rings. The van der Waals surface area contributed by atoms with Gasteiger partial charge in [-0.15, -0.1) is 0 Å². The zero-order chi connectivity index (χ0) is 20.2. The van der Waals surface area contributed by atoms with Crippen LogP contribution in [0.4, 0.5) is 0 Å². The predicted octanol–water partition coefficient (Wildman–Crippen LogP) is 0.174. The van der Waals surface area contributed by atoms with E-state index in [0.29, 0.717) is 6.42 Å². The lowest BCUT2D eigenvalue weighted by atomic mass is 10.2. The standard InChI is InChI=1S/C16H26N8O.CH2O2/c1-2-14-19-15(21-20-14)11-22-6-4-7-23(10-9-22)16(25)5-3-8-24-13-17-12-18-24;2-1-3/h12-13H,2-11H2,1H3,(H,19,20,21);1H,(H,2,3). The van der Waals surface area contributed by atoms with Crippen molar-refractivity contribution in [1.29, 1.82) is 0 Å². The lowest BCUT2D eigenvalue weighted by Crippen LogP contribution is -2.35. The summed E-state index contributed by atoms with van der Waals surface area (Å²) < 4.78 is 1.76. The van der Waals surface area contributed by atoms with Gasteiger partial charge >= 0.3 is 0 Å². The van der Waals surface area contributed by atoms with Crippen molar-refractivity contribution in [3.8, 4) is 0 Å². The maximum Gasteiger partial charge on any atom is 0.290 e. The molecule has 2 aromatic rings. The summed E-state index contributed by atoms with van der Waals surface area (Å²) in [6.07, 6.45) is 6.38. The number of aromatic nitrogens is 6. The minimum atomic E-state index is -0.250. The van der Waals surface area contributed by atoms with E-state index in [1.807, 2.05) is 11.8 Å². The molecule has 2 aromatic heterocycles. The van der Waals surface area contributed by atoms with E-state index in [-0.39, 0.29) is 12.4 Å². The van der Waals surface area contributed by atoms with Crippen LogP contribution >= 0.6 is 0 Å². The molecular formula is C17H28N8O3. The van der Waals surface area contributed by atoms with Gasteiger partial charge in [-0.1, -0.05) is 6.92 Å². The Kier molecular flexibility index (Phi) is 9.05. The Balaban J connectivity index is 0.000000878. The number of nitrogens with one attached hydrogen (secondary N) is 1. The van der Waals surface area contributed by atoms with Gasteiger partial charge in [0.2, 0.25) is 5.91 Å². The molecule has 11 heteroatoms. The molecule has 0 atom stereocenters. The fourth-order valence-corrected chi connectivity index (χ4v) is 3.05. The smallest absolute Gasteiger partial charge is 0.290 e. The molecule has 0 aliphatic carbocycles. The van der Waals surface area contributed by atoms with Crippen LogP contribution in [0.2, 0.25) is 0 Å². The topological polar surface area (TPSA) is 133 Å². The van der Waals surface area contributed by atoms with Crippen LogP contribution in [0.3, 0.4) is 0 Å². The highest BCUT2D eigenvalue weighted by molar-refractivity contribution is 5.76. The van der Waals surface area contributed by atoms with E-state index in [9.17, 15) is 4.79 Å². The van der Waals surface area contributed by atoms with Crippen LogP contribution in [0.15, 0.2) is 12.7 Å². The normalized spacial score (nSPS) is 14.8. The Labute approximate surface area is 163 Å². The van der Waals surface area contributed by atoms with E-state index in [1.54, 1.807) is 11.0 Å². The Bertz CT molecular complexity index is 703. The largest absolute Gasteiger partial charge is 0.483 e. The van der Waals surface area contributed by atoms with Gasteiger partial charge in [0.1, 0.15) is 24.3 Å². The van der Waals surface area contributed by atoms with E-state index in [4.69, 9.17) is 9.90 Å². The summed E-state index contributed by atoms with van der Waals surface area (Å²) >= 11 is 0. The van der Waals surface area contributed by atoms with Crippen molar-refractivity contribution < 1.29 is 14.7 Å². The molecule has 1 saturated heterocycles. The minimum absolute atomic E-state index is 0.231. The molecule has 0 saturated carbocycles. The number of rotatable bonds is 7. The number of aromatic amines is 1. The monoisotopic (exact) mass is 392 g/mol. The van der Waals surface area contributed by atoms with Crippen LogP contribution in [-0.2, 0) is 29.1 Å². The first-order valence-electron chi connectivity index (χ1n) is 9.46. The molecule has 28 heavy (non-hydrogen) atoms. The summed E-state index contributed by atoms with van der Waals surface area (Å²) in [6, 6.07) is 0. The van der Waals surface area contributed by atoms with Gasteiger partial charge in [-0.2, -0.15) is 10.2 Å². The third-order valence-corrected chi connectivity index (χ3v) is 4.45. The summed E-state index contributed by atoms with van der Waals surface area (Å²) in [4.78, 5) is 33.5. The first kappa shape index (κ1) is 21.5. The quantitative estimate of drug-likeness (QED) is 0.637. The number of carbonyl (C=O) groups is 2. The van der Waals surface area contributed by atoms with E-state index >= 15 is 0 Å². The average molecular weight is 392 g/mol. The van der Waals surface area contributed by atoms with Gasteiger partial charge in [0.25, 0.3) is 6.47 Å². The number of nitrogens with zero attached hydrogens (tertiary/aromatic N) is 7. The fourth-order valence-electron chi connectivity index (χ4n) is 3.05. The summed E-state index contributed by atoms with van der Waals surface area (Å²) in [6.45, 7) is 6.75. The summed E-state index contributed by atoms with van der Waals surface area (Å²) in [7, 11) is 0. The minimum Gasteiger partial charge on any atom is -0.483 e. The van der Waals surface area contributed by atoms with E-state index in [2.05, 4.69) is 30.2 Å². The molecule has 1 aliphatic heterocycles. The van der Waals surface area contributed by atoms with Crippen molar-refractivity contribution in [2.24, 2.45) is 0 Å². The molecule has 3 rings (SSSR count). The molecule has 3 heterocycles. The second-order valence-electron chi connectivity index (χ2n) is 6.43. The zero-order valence-electron chi connectivity index (χ0n) is 16.2. The number of hydrogen-bond acceptors (Lipinski definition) is 7. The second kappa shape index (κ2) is 11.8. The molecule has 0 bridgehead atoms. The first-order chi connectivity index (χ1) is 13.7. The van der Waals surface area contributed by atoms with Gasteiger partial charge < -0.3 is 10.0 Å². The highest BCUT2D eigenvalue weighted by Gasteiger charge is 2.19. The number of aryl methyl sites for hydroxylation is 2. The van der Waals surface area contributed by atoms with Crippen molar-refractivity contribution in [3.63, 3.8) is 0 Å². The third-order valence-electron chi connectivity index (χ3n) is 4.45. The number of amides is 1. The van der Waals surface area contributed by atoms with Gasteiger partial charge in [0, 0.05) is 45.6 Å². The average Bonchev–Trinajstić information content (AvgIpc) is 3.31. The Morgan fingerprint density at radius 3 is 2.82 bits per heavy atom. The Morgan fingerprint density at radius 1 is 1.32 bits per heavy atom. The van der Waals surface area contributed by atoms with Crippen molar-refractivity contribution in [2.75, 3.05) is 26.2 Å². The van der Waals surface area contributed by atoms with Crippen LogP contribution in [0.5, 0.6) is 0 Å². The predicted molar refractivity (Wildman–Crippen MR) is 100 cm³/mol. The first-order valence-corrected chi connectivity index (χ1v) is 9.46. The van der Waals surface area contributed by atoms with Gasteiger partial charge in [-0.05, 0) is 12.8 Å². The molecule has 1 fully saturated rings. The maximum absolute atomic E-state index is 12.4.